The van der Waals surface area contributed by atoms with E-state index < -0.39 is 0 Å². The molecule has 0 N–H and O–H groups in total. The van der Waals surface area contributed by atoms with Gasteiger partial charge >= 0.3 is 0 Å². The minimum atomic E-state index is 0.427. The van der Waals surface area contributed by atoms with Gasteiger partial charge in [-0.1, -0.05) is 49.3 Å². The second-order valence-electron chi connectivity index (χ2n) is 5.21. The highest BCUT2D eigenvalue weighted by Crippen LogP contribution is 2.33. The average Bonchev–Trinajstić information content (AvgIpc) is 3.09. The maximum atomic E-state index is 5.37. The summed E-state index contributed by atoms with van der Waals surface area (Å²) in [5.74, 6) is 1.21. The Labute approximate surface area is 124 Å². The number of hydrogen-bond acceptors (Lipinski definition) is 3. The van der Waals surface area contributed by atoms with E-state index >= 15 is 0 Å². The quantitative estimate of drug-likeness (QED) is 0.680. The van der Waals surface area contributed by atoms with E-state index in [4.69, 9.17) is 4.52 Å². The third-order valence-corrected chi connectivity index (χ3v) is 3.83. The van der Waals surface area contributed by atoms with Crippen LogP contribution in [0.15, 0.2) is 59.4 Å². The summed E-state index contributed by atoms with van der Waals surface area (Å²) in [5, 5.41) is 3.83. The molecule has 2 aromatic heterocycles. The van der Waals surface area contributed by atoms with Gasteiger partial charge in [0.05, 0.1) is 6.20 Å². The molecule has 0 aliphatic rings. The Morgan fingerprint density at radius 3 is 2.57 bits per heavy atom. The third kappa shape index (κ3) is 2.72. The molecule has 1 atom stereocenters. The SMILES string of the molecule is CCC(C)c1cc(-c2ccno2)c(-c2ccccc2)cn1. The van der Waals surface area contributed by atoms with Crippen molar-refractivity contribution < 1.29 is 4.52 Å². The monoisotopic (exact) mass is 278 g/mol. The molecule has 1 unspecified atom stereocenters. The average molecular weight is 278 g/mol. The Morgan fingerprint density at radius 1 is 1.10 bits per heavy atom. The van der Waals surface area contributed by atoms with Gasteiger partial charge in [-0.2, -0.15) is 0 Å². The van der Waals surface area contributed by atoms with Crippen molar-refractivity contribution in [2.24, 2.45) is 0 Å². The van der Waals surface area contributed by atoms with Crippen LogP contribution in [0.4, 0.5) is 0 Å². The molecule has 0 amide bonds. The molecule has 2 heterocycles. The van der Waals surface area contributed by atoms with Crippen LogP contribution in [0, 0.1) is 0 Å². The number of benzene rings is 1. The van der Waals surface area contributed by atoms with Gasteiger partial charge < -0.3 is 4.52 Å². The highest BCUT2D eigenvalue weighted by Gasteiger charge is 2.14. The summed E-state index contributed by atoms with van der Waals surface area (Å²) in [5.41, 5.74) is 4.33. The zero-order chi connectivity index (χ0) is 14.7. The molecule has 0 radical (unpaired) electrons. The van der Waals surface area contributed by atoms with Gasteiger partial charge in [0.25, 0.3) is 0 Å². The summed E-state index contributed by atoms with van der Waals surface area (Å²) in [4.78, 5) is 4.63. The second kappa shape index (κ2) is 5.92. The van der Waals surface area contributed by atoms with Crippen molar-refractivity contribution in [2.45, 2.75) is 26.2 Å². The Balaban J connectivity index is 2.16. The molecule has 3 heteroatoms. The van der Waals surface area contributed by atoms with Crippen molar-refractivity contribution in [3.8, 4) is 22.5 Å². The first-order chi connectivity index (χ1) is 10.3. The predicted octanol–water partition coefficient (Wildman–Crippen LogP) is 4.92. The fraction of sp³-hybridized carbons (Fsp3) is 0.222. The molecule has 3 aromatic rings. The van der Waals surface area contributed by atoms with Crippen LogP contribution >= 0.6 is 0 Å². The second-order valence-corrected chi connectivity index (χ2v) is 5.21. The predicted molar refractivity (Wildman–Crippen MR) is 83.9 cm³/mol. The zero-order valence-corrected chi connectivity index (χ0v) is 12.3. The van der Waals surface area contributed by atoms with E-state index in [1.54, 1.807) is 6.20 Å². The lowest BCUT2D eigenvalue weighted by Gasteiger charge is -2.12. The molecule has 0 bridgehead atoms. The van der Waals surface area contributed by atoms with Gasteiger partial charge in [-0.3, -0.25) is 4.98 Å². The third-order valence-electron chi connectivity index (χ3n) is 3.83. The highest BCUT2D eigenvalue weighted by atomic mass is 16.5. The van der Waals surface area contributed by atoms with E-state index in [0.29, 0.717) is 5.92 Å². The largest absolute Gasteiger partial charge is 0.356 e. The zero-order valence-electron chi connectivity index (χ0n) is 12.3. The van der Waals surface area contributed by atoms with E-state index in [-0.39, 0.29) is 0 Å². The molecule has 0 spiro atoms. The van der Waals surface area contributed by atoms with Crippen LogP contribution in [0.2, 0.25) is 0 Å². The summed E-state index contributed by atoms with van der Waals surface area (Å²) in [6, 6.07) is 14.3. The molecule has 3 rings (SSSR count). The van der Waals surface area contributed by atoms with Crippen LogP contribution in [0.25, 0.3) is 22.5 Å². The van der Waals surface area contributed by atoms with Crippen LogP contribution in [0.5, 0.6) is 0 Å². The normalized spacial score (nSPS) is 12.3. The molecule has 0 saturated carbocycles. The molecular formula is C18H18N2O. The first-order valence-corrected chi connectivity index (χ1v) is 7.26. The van der Waals surface area contributed by atoms with Gasteiger partial charge in [0.15, 0.2) is 5.76 Å². The van der Waals surface area contributed by atoms with E-state index in [1.807, 2.05) is 30.5 Å². The van der Waals surface area contributed by atoms with Crippen molar-refractivity contribution in [1.29, 1.82) is 0 Å². The topological polar surface area (TPSA) is 38.9 Å². The van der Waals surface area contributed by atoms with E-state index in [0.717, 1.165) is 34.6 Å². The van der Waals surface area contributed by atoms with Crippen LogP contribution < -0.4 is 0 Å². The molecule has 1 aromatic carbocycles. The molecule has 21 heavy (non-hydrogen) atoms. The van der Waals surface area contributed by atoms with Crippen molar-refractivity contribution in [3.63, 3.8) is 0 Å². The van der Waals surface area contributed by atoms with Crippen molar-refractivity contribution in [3.05, 3.63) is 60.6 Å². The van der Waals surface area contributed by atoms with Crippen molar-refractivity contribution in [2.75, 3.05) is 0 Å². The lowest BCUT2D eigenvalue weighted by Crippen LogP contribution is -1.97. The Kier molecular flexibility index (Phi) is 3.82. The number of aromatic nitrogens is 2. The lowest BCUT2D eigenvalue weighted by atomic mass is 9.96. The van der Waals surface area contributed by atoms with Crippen molar-refractivity contribution in [1.82, 2.24) is 10.1 Å². The number of nitrogens with zero attached hydrogens (tertiary/aromatic N) is 2. The summed E-state index contributed by atoms with van der Waals surface area (Å²) < 4.78 is 5.37. The Morgan fingerprint density at radius 2 is 1.90 bits per heavy atom. The fourth-order valence-corrected chi connectivity index (χ4v) is 2.36. The fourth-order valence-electron chi connectivity index (χ4n) is 2.36. The van der Waals surface area contributed by atoms with Crippen LogP contribution in [-0.2, 0) is 0 Å². The number of rotatable bonds is 4. The summed E-state index contributed by atoms with van der Waals surface area (Å²) in [7, 11) is 0. The van der Waals surface area contributed by atoms with Gasteiger partial charge in [0, 0.05) is 29.1 Å². The minimum absolute atomic E-state index is 0.427. The number of pyridine rings is 1. The van der Waals surface area contributed by atoms with E-state index in [2.05, 4.69) is 42.2 Å². The van der Waals surface area contributed by atoms with Gasteiger partial charge in [0.1, 0.15) is 0 Å². The summed E-state index contributed by atoms with van der Waals surface area (Å²) >= 11 is 0. The highest BCUT2D eigenvalue weighted by molar-refractivity contribution is 5.80. The van der Waals surface area contributed by atoms with Crippen LogP contribution in [0.1, 0.15) is 31.9 Å². The summed E-state index contributed by atoms with van der Waals surface area (Å²) in [6.45, 7) is 4.36. The van der Waals surface area contributed by atoms with Crippen LogP contribution in [-0.4, -0.2) is 10.1 Å². The molecular weight excluding hydrogens is 260 g/mol. The molecule has 106 valence electrons. The Hall–Kier alpha value is -2.42. The van der Waals surface area contributed by atoms with Gasteiger partial charge in [-0.05, 0) is 24.0 Å². The molecule has 0 aliphatic heterocycles. The maximum Gasteiger partial charge on any atom is 0.167 e. The van der Waals surface area contributed by atoms with Crippen molar-refractivity contribution >= 4 is 0 Å². The van der Waals surface area contributed by atoms with Gasteiger partial charge in [-0.15, -0.1) is 0 Å². The maximum absolute atomic E-state index is 5.37. The molecule has 0 saturated heterocycles. The smallest absolute Gasteiger partial charge is 0.167 e. The Bertz CT molecular complexity index is 705. The standard InChI is InChI=1S/C18H18N2O/c1-3-13(2)17-11-15(18-9-10-20-21-18)16(12-19-17)14-7-5-4-6-8-14/h4-13H,3H2,1-2H3. The van der Waals surface area contributed by atoms with Gasteiger partial charge in [-0.25, -0.2) is 0 Å². The lowest BCUT2D eigenvalue weighted by molar-refractivity contribution is 0.432. The van der Waals surface area contributed by atoms with E-state index in [9.17, 15) is 0 Å². The van der Waals surface area contributed by atoms with E-state index in [1.165, 1.54) is 0 Å². The minimum Gasteiger partial charge on any atom is -0.356 e. The first-order valence-electron chi connectivity index (χ1n) is 7.26. The van der Waals surface area contributed by atoms with Gasteiger partial charge in [0.2, 0.25) is 0 Å². The van der Waals surface area contributed by atoms with Crippen LogP contribution in [0.3, 0.4) is 0 Å². The molecule has 0 aliphatic carbocycles. The first kappa shape index (κ1) is 13.6. The summed E-state index contributed by atoms with van der Waals surface area (Å²) in [6.07, 6.45) is 4.68. The number of hydrogen-bond donors (Lipinski definition) is 0. The molecule has 3 nitrogen and oxygen atoms in total. The molecule has 0 fully saturated rings.